The van der Waals surface area contributed by atoms with Gasteiger partial charge in [0.2, 0.25) is 5.88 Å². The molecule has 0 saturated carbocycles. The van der Waals surface area contributed by atoms with Crippen LogP contribution in [-0.2, 0) is 11.8 Å². The Hall–Kier alpha value is -2.10. The predicted molar refractivity (Wildman–Crippen MR) is 81.0 cm³/mol. The number of nitrogens with zero attached hydrogens (tertiary/aromatic N) is 2. The van der Waals surface area contributed by atoms with E-state index in [2.05, 4.69) is 49.8 Å². The van der Waals surface area contributed by atoms with Crippen molar-refractivity contribution in [2.45, 2.75) is 39.5 Å². The van der Waals surface area contributed by atoms with E-state index in [1.807, 2.05) is 6.07 Å². The highest BCUT2D eigenvalue weighted by molar-refractivity contribution is 5.43. The highest BCUT2D eigenvalue weighted by atomic mass is 16.5. The lowest BCUT2D eigenvalue weighted by molar-refractivity contribution is 0.437. The van der Waals surface area contributed by atoms with Gasteiger partial charge in [0.1, 0.15) is 11.6 Å². The molecule has 0 fully saturated rings. The van der Waals surface area contributed by atoms with E-state index in [0.29, 0.717) is 11.7 Å². The third-order valence-electron chi connectivity index (χ3n) is 3.12. The fourth-order valence-corrected chi connectivity index (χ4v) is 1.96. The van der Waals surface area contributed by atoms with Crippen LogP contribution in [0.15, 0.2) is 30.6 Å². The molecule has 1 heterocycles. The maximum absolute atomic E-state index is 5.86. The number of ether oxygens (including phenoxy) is 1. The van der Waals surface area contributed by atoms with Gasteiger partial charge in [-0.2, -0.15) is 0 Å². The molecule has 0 aliphatic rings. The van der Waals surface area contributed by atoms with E-state index in [1.54, 1.807) is 0 Å². The molecule has 0 radical (unpaired) electrons. The summed E-state index contributed by atoms with van der Waals surface area (Å²) in [5, 5.41) is 0. The smallest absolute Gasteiger partial charge is 0.237 e. The van der Waals surface area contributed by atoms with Crippen molar-refractivity contribution in [3.63, 3.8) is 0 Å². The number of nitrogens with two attached hydrogens (primary N) is 1. The molecule has 0 unspecified atom stereocenters. The number of aryl methyl sites for hydroxylation is 1. The molecule has 0 amide bonds. The number of hydrogen-bond donors (Lipinski definition) is 1. The van der Waals surface area contributed by atoms with Gasteiger partial charge in [0.15, 0.2) is 0 Å². The summed E-state index contributed by atoms with van der Waals surface area (Å²) in [4.78, 5) is 8.12. The monoisotopic (exact) mass is 271 g/mol. The summed E-state index contributed by atoms with van der Waals surface area (Å²) >= 11 is 0. The molecule has 2 aromatic rings. The minimum Gasteiger partial charge on any atom is -0.437 e. The zero-order chi connectivity index (χ0) is 14.8. The lowest BCUT2D eigenvalue weighted by Crippen LogP contribution is -2.13. The van der Waals surface area contributed by atoms with Crippen molar-refractivity contribution in [3.8, 4) is 11.6 Å². The standard InChI is InChI=1S/C16H21N3O/c1-5-11-6-7-13(12(8-11)16(2,3)4)20-15-10-18-14(17)9-19-15/h6-10H,5H2,1-4H3,(H2,17,18). The van der Waals surface area contributed by atoms with Gasteiger partial charge < -0.3 is 10.5 Å². The van der Waals surface area contributed by atoms with E-state index in [9.17, 15) is 0 Å². The van der Waals surface area contributed by atoms with Gasteiger partial charge >= 0.3 is 0 Å². The van der Waals surface area contributed by atoms with Crippen LogP contribution in [0.5, 0.6) is 11.6 Å². The molecule has 0 bridgehead atoms. The maximum Gasteiger partial charge on any atom is 0.237 e. The van der Waals surface area contributed by atoms with Crippen LogP contribution in [0.4, 0.5) is 5.82 Å². The largest absolute Gasteiger partial charge is 0.437 e. The molecule has 2 N–H and O–H groups in total. The molecule has 4 heteroatoms. The Bertz CT molecular complexity index is 586. The summed E-state index contributed by atoms with van der Waals surface area (Å²) in [5.74, 6) is 1.65. The van der Waals surface area contributed by atoms with E-state index >= 15 is 0 Å². The van der Waals surface area contributed by atoms with E-state index in [0.717, 1.165) is 17.7 Å². The first-order chi connectivity index (χ1) is 9.40. The van der Waals surface area contributed by atoms with Crippen LogP contribution in [0, 0.1) is 0 Å². The Morgan fingerprint density at radius 1 is 1.15 bits per heavy atom. The van der Waals surface area contributed by atoms with Gasteiger partial charge in [0.25, 0.3) is 0 Å². The normalized spacial score (nSPS) is 11.4. The van der Waals surface area contributed by atoms with Crippen LogP contribution in [0.1, 0.15) is 38.8 Å². The Kier molecular flexibility index (Phi) is 3.93. The molecule has 106 valence electrons. The van der Waals surface area contributed by atoms with Crippen molar-refractivity contribution in [3.05, 3.63) is 41.7 Å². The lowest BCUT2D eigenvalue weighted by Gasteiger charge is -2.23. The van der Waals surface area contributed by atoms with Crippen molar-refractivity contribution in [2.75, 3.05) is 5.73 Å². The van der Waals surface area contributed by atoms with Crippen LogP contribution >= 0.6 is 0 Å². The summed E-state index contributed by atoms with van der Waals surface area (Å²) in [6.45, 7) is 8.66. The maximum atomic E-state index is 5.86. The summed E-state index contributed by atoms with van der Waals surface area (Å²) in [7, 11) is 0. The average molecular weight is 271 g/mol. The molecule has 4 nitrogen and oxygen atoms in total. The highest BCUT2D eigenvalue weighted by Crippen LogP contribution is 2.34. The van der Waals surface area contributed by atoms with Gasteiger partial charge in [-0.25, -0.2) is 9.97 Å². The van der Waals surface area contributed by atoms with E-state index in [4.69, 9.17) is 10.5 Å². The molecule has 0 atom stereocenters. The number of benzene rings is 1. The van der Waals surface area contributed by atoms with E-state index in [-0.39, 0.29) is 5.41 Å². The highest BCUT2D eigenvalue weighted by Gasteiger charge is 2.20. The Morgan fingerprint density at radius 2 is 1.90 bits per heavy atom. The number of anilines is 1. The SMILES string of the molecule is CCc1ccc(Oc2cnc(N)cn2)c(C(C)(C)C)c1. The van der Waals surface area contributed by atoms with Gasteiger partial charge in [-0.15, -0.1) is 0 Å². The third kappa shape index (κ3) is 3.26. The van der Waals surface area contributed by atoms with Gasteiger partial charge in [-0.3, -0.25) is 0 Å². The predicted octanol–water partition coefficient (Wildman–Crippen LogP) is 3.71. The minimum absolute atomic E-state index is 0.00174. The van der Waals surface area contributed by atoms with Crippen molar-refractivity contribution in [2.24, 2.45) is 0 Å². The molecule has 0 aliphatic heterocycles. The summed E-state index contributed by atoms with van der Waals surface area (Å²) in [5.41, 5.74) is 7.99. The molecule has 1 aromatic heterocycles. The molecule has 0 saturated heterocycles. The van der Waals surface area contributed by atoms with Crippen LogP contribution in [-0.4, -0.2) is 9.97 Å². The topological polar surface area (TPSA) is 61.0 Å². The Balaban J connectivity index is 2.38. The number of nitrogen functional groups attached to an aromatic ring is 1. The van der Waals surface area contributed by atoms with Gasteiger partial charge in [-0.1, -0.05) is 39.8 Å². The first-order valence-corrected chi connectivity index (χ1v) is 6.79. The molecular weight excluding hydrogens is 250 g/mol. The first kappa shape index (κ1) is 14.3. The first-order valence-electron chi connectivity index (χ1n) is 6.79. The second kappa shape index (κ2) is 5.49. The van der Waals surface area contributed by atoms with Crippen molar-refractivity contribution < 1.29 is 4.74 Å². The zero-order valence-corrected chi connectivity index (χ0v) is 12.5. The number of aromatic nitrogens is 2. The molecule has 20 heavy (non-hydrogen) atoms. The summed E-state index contributed by atoms with van der Waals surface area (Å²) < 4.78 is 5.86. The minimum atomic E-state index is 0.00174. The fraction of sp³-hybridized carbons (Fsp3) is 0.375. The second-order valence-corrected chi connectivity index (χ2v) is 5.82. The zero-order valence-electron chi connectivity index (χ0n) is 12.5. The molecule has 2 rings (SSSR count). The van der Waals surface area contributed by atoms with Crippen LogP contribution in [0.3, 0.4) is 0 Å². The van der Waals surface area contributed by atoms with Crippen molar-refractivity contribution in [1.29, 1.82) is 0 Å². The summed E-state index contributed by atoms with van der Waals surface area (Å²) in [6, 6.07) is 6.27. The van der Waals surface area contributed by atoms with E-state index in [1.165, 1.54) is 18.0 Å². The third-order valence-corrected chi connectivity index (χ3v) is 3.12. The molecule has 0 spiro atoms. The average Bonchev–Trinajstić information content (AvgIpc) is 2.40. The number of rotatable bonds is 3. The lowest BCUT2D eigenvalue weighted by atomic mass is 9.85. The van der Waals surface area contributed by atoms with Gasteiger partial charge in [-0.05, 0) is 23.5 Å². The molecule has 1 aromatic carbocycles. The van der Waals surface area contributed by atoms with Crippen LogP contribution in [0.2, 0.25) is 0 Å². The van der Waals surface area contributed by atoms with Crippen molar-refractivity contribution in [1.82, 2.24) is 9.97 Å². The van der Waals surface area contributed by atoms with Crippen LogP contribution in [0.25, 0.3) is 0 Å². The van der Waals surface area contributed by atoms with Crippen molar-refractivity contribution >= 4 is 5.82 Å². The fourth-order valence-electron chi connectivity index (χ4n) is 1.96. The van der Waals surface area contributed by atoms with E-state index < -0.39 is 0 Å². The Morgan fingerprint density at radius 3 is 2.45 bits per heavy atom. The Labute approximate surface area is 120 Å². The molecule has 0 aliphatic carbocycles. The van der Waals surface area contributed by atoms with Gasteiger partial charge in [0, 0.05) is 5.56 Å². The second-order valence-electron chi connectivity index (χ2n) is 5.82. The number of hydrogen-bond acceptors (Lipinski definition) is 4. The quantitative estimate of drug-likeness (QED) is 0.924. The summed E-state index contributed by atoms with van der Waals surface area (Å²) in [6.07, 6.45) is 4.03. The van der Waals surface area contributed by atoms with Crippen LogP contribution < -0.4 is 10.5 Å². The molecular formula is C16H21N3O. The van der Waals surface area contributed by atoms with Gasteiger partial charge in [0.05, 0.1) is 12.4 Å².